The van der Waals surface area contributed by atoms with Gasteiger partial charge < -0.3 is 9.88 Å². The monoisotopic (exact) mass is 381 g/mol. The van der Waals surface area contributed by atoms with Crippen molar-refractivity contribution >= 4 is 45.7 Å². The van der Waals surface area contributed by atoms with Crippen molar-refractivity contribution < 1.29 is 4.79 Å². The third-order valence-electron chi connectivity index (χ3n) is 5.44. The molecule has 0 spiro atoms. The molecule has 0 saturated carbocycles. The smallest absolute Gasteiger partial charge is 0.251 e. The number of thiocarbonyl (C=S) groups is 1. The van der Waals surface area contributed by atoms with Crippen molar-refractivity contribution in [2.24, 2.45) is 0 Å². The highest BCUT2D eigenvalue weighted by molar-refractivity contribution is 7.80. The van der Waals surface area contributed by atoms with Gasteiger partial charge in [0, 0.05) is 35.1 Å². The van der Waals surface area contributed by atoms with Gasteiger partial charge in [0.25, 0.3) is 5.91 Å². The van der Waals surface area contributed by atoms with Crippen molar-refractivity contribution in [3.63, 3.8) is 0 Å². The number of fused-ring (bicyclic) bond motifs is 4. The van der Waals surface area contributed by atoms with Gasteiger partial charge in [-0.2, -0.15) is 0 Å². The van der Waals surface area contributed by atoms with Crippen LogP contribution >= 0.6 is 23.8 Å². The van der Waals surface area contributed by atoms with Gasteiger partial charge in [0.15, 0.2) is 5.11 Å². The summed E-state index contributed by atoms with van der Waals surface area (Å²) in [7, 11) is 1.76. The lowest BCUT2D eigenvalue weighted by Crippen LogP contribution is -2.44. The molecule has 130 valence electrons. The minimum Gasteiger partial charge on any atom is -0.356 e. The minimum atomic E-state index is -0.264. The van der Waals surface area contributed by atoms with Crippen molar-refractivity contribution in [3.8, 4) is 0 Å². The van der Waals surface area contributed by atoms with E-state index in [1.807, 2.05) is 36.4 Å². The average Bonchev–Trinajstić information content (AvgIpc) is 3.13. The maximum absolute atomic E-state index is 12.8. The molecule has 2 aliphatic rings. The van der Waals surface area contributed by atoms with Crippen molar-refractivity contribution in [1.29, 1.82) is 0 Å². The second kappa shape index (κ2) is 5.56. The van der Waals surface area contributed by atoms with Crippen molar-refractivity contribution in [2.75, 3.05) is 7.05 Å². The predicted molar refractivity (Wildman–Crippen MR) is 106 cm³/mol. The average molecular weight is 382 g/mol. The Labute approximate surface area is 161 Å². The molecule has 1 saturated heterocycles. The van der Waals surface area contributed by atoms with E-state index in [1.165, 1.54) is 10.9 Å². The van der Waals surface area contributed by atoms with Crippen LogP contribution in [0.1, 0.15) is 22.9 Å². The lowest BCUT2D eigenvalue weighted by molar-refractivity contribution is -0.127. The van der Waals surface area contributed by atoms with Crippen LogP contribution in [0.15, 0.2) is 48.5 Å². The summed E-state index contributed by atoms with van der Waals surface area (Å²) in [6, 6.07) is 15.6. The largest absolute Gasteiger partial charge is 0.356 e. The Hall–Kier alpha value is -2.37. The summed E-state index contributed by atoms with van der Waals surface area (Å²) >= 11 is 11.7. The van der Waals surface area contributed by atoms with Crippen molar-refractivity contribution in [1.82, 2.24) is 14.8 Å². The predicted octanol–water partition coefficient (Wildman–Crippen LogP) is 3.89. The first-order valence-corrected chi connectivity index (χ1v) is 9.29. The van der Waals surface area contributed by atoms with Gasteiger partial charge in [-0.05, 0) is 41.5 Å². The number of halogens is 1. The molecule has 1 amide bonds. The van der Waals surface area contributed by atoms with E-state index < -0.39 is 0 Å². The molecule has 2 atom stereocenters. The summed E-state index contributed by atoms with van der Waals surface area (Å²) < 4.78 is 0. The molecule has 26 heavy (non-hydrogen) atoms. The van der Waals surface area contributed by atoms with Gasteiger partial charge in [-0.25, -0.2) is 0 Å². The van der Waals surface area contributed by atoms with Crippen LogP contribution in [-0.2, 0) is 11.2 Å². The third kappa shape index (κ3) is 2.07. The van der Waals surface area contributed by atoms with E-state index in [4.69, 9.17) is 23.8 Å². The zero-order chi connectivity index (χ0) is 18.0. The highest BCUT2D eigenvalue weighted by Crippen LogP contribution is 2.43. The number of hydrogen-bond donors (Lipinski definition) is 1. The van der Waals surface area contributed by atoms with E-state index in [0.29, 0.717) is 16.6 Å². The first kappa shape index (κ1) is 15.9. The molecule has 0 radical (unpaired) electrons. The fraction of sp³-hybridized carbons (Fsp3) is 0.200. The molecule has 1 N–H and O–H groups in total. The van der Waals surface area contributed by atoms with Crippen molar-refractivity contribution in [3.05, 3.63) is 70.4 Å². The number of amides is 1. The van der Waals surface area contributed by atoms with Crippen LogP contribution in [0.5, 0.6) is 0 Å². The normalized spacial score (nSPS) is 22.1. The number of para-hydroxylation sites is 1. The SMILES string of the molecule is CN1C(=O)C2Cc3c([nH]c4ccccc34)C(c3ccc(Cl)cc3)N2C1=S. The van der Waals surface area contributed by atoms with Crippen LogP contribution in [0.25, 0.3) is 10.9 Å². The summed E-state index contributed by atoms with van der Waals surface area (Å²) in [4.78, 5) is 20.1. The van der Waals surface area contributed by atoms with Gasteiger partial charge >= 0.3 is 0 Å². The minimum absolute atomic E-state index is 0.0601. The molecule has 3 aromatic rings. The zero-order valence-corrected chi connectivity index (χ0v) is 15.6. The van der Waals surface area contributed by atoms with E-state index in [-0.39, 0.29) is 18.0 Å². The maximum Gasteiger partial charge on any atom is 0.251 e. The fourth-order valence-corrected chi connectivity index (χ4v) is 4.65. The Bertz CT molecular complexity index is 1060. The molecule has 6 heteroatoms. The first-order chi connectivity index (χ1) is 12.6. The molecule has 1 aromatic heterocycles. The molecule has 4 nitrogen and oxygen atoms in total. The first-order valence-electron chi connectivity index (χ1n) is 8.51. The number of H-pyrrole nitrogens is 1. The maximum atomic E-state index is 12.8. The van der Waals surface area contributed by atoms with Crippen LogP contribution in [0, 0.1) is 0 Å². The second-order valence-corrected chi connectivity index (χ2v) is 7.63. The molecule has 2 aromatic carbocycles. The van der Waals surface area contributed by atoms with Gasteiger partial charge in [-0.3, -0.25) is 9.69 Å². The molecule has 5 rings (SSSR count). The van der Waals surface area contributed by atoms with Crippen LogP contribution in [0.3, 0.4) is 0 Å². The number of rotatable bonds is 1. The number of aromatic amines is 1. The summed E-state index contributed by atoms with van der Waals surface area (Å²) in [5, 5.41) is 2.44. The number of carbonyl (C=O) groups is 1. The Balaban J connectivity index is 1.77. The van der Waals surface area contributed by atoms with Gasteiger partial charge in [0.05, 0.1) is 6.04 Å². The summed E-state index contributed by atoms with van der Waals surface area (Å²) in [6.45, 7) is 0. The van der Waals surface area contributed by atoms with Crippen molar-refractivity contribution in [2.45, 2.75) is 18.5 Å². The standard InChI is InChI=1S/C20H16ClN3OS/c1-23-19(25)16-10-14-13-4-2-3-5-15(13)22-17(14)18(24(16)20(23)26)11-6-8-12(21)9-7-11/h2-9,16,18,22H,10H2,1H3. The van der Waals surface area contributed by atoms with Crippen LogP contribution in [0.2, 0.25) is 5.02 Å². The summed E-state index contributed by atoms with van der Waals surface area (Å²) in [5.41, 5.74) is 4.46. The highest BCUT2D eigenvalue weighted by atomic mass is 35.5. The number of hydrogen-bond acceptors (Lipinski definition) is 2. The quantitative estimate of drug-likeness (QED) is 0.650. The van der Waals surface area contributed by atoms with Gasteiger partial charge in [-0.15, -0.1) is 0 Å². The lowest BCUT2D eigenvalue weighted by atomic mass is 9.89. The van der Waals surface area contributed by atoms with Crippen LogP contribution in [-0.4, -0.2) is 38.9 Å². The lowest BCUT2D eigenvalue weighted by Gasteiger charge is -2.37. The van der Waals surface area contributed by atoms with E-state index in [9.17, 15) is 4.79 Å². The zero-order valence-electron chi connectivity index (χ0n) is 14.1. The number of benzene rings is 2. The molecule has 1 fully saturated rings. The molecule has 0 aliphatic carbocycles. The molecular weight excluding hydrogens is 366 g/mol. The number of carbonyl (C=O) groups excluding carboxylic acids is 1. The van der Waals surface area contributed by atoms with Gasteiger partial charge in [-0.1, -0.05) is 41.9 Å². The van der Waals surface area contributed by atoms with Gasteiger partial charge in [0.2, 0.25) is 0 Å². The van der Waals surface area contributed by atoms with E-state index in [2.05, 4.69) is 22.0 Å². The summed E-state index contributed by atoms with van der Waals surface area (Å²) in [6.07, 6.45) is 0.659. The fourth-order valence-electron chi connectivity index (χ4n) is 4.20. The van der Waals surface area contributed by atoms with Crippen LogP contribution < -0.4 is 0 Å². The highest BCUT2D eigenvalue weighted by Gasteiger charge is 2.49. The topological polar surface area (TPSA) is 39.3 Å². The molecule has 3 heterocycles. The number of nitrogens with one attached hydrogen (secondary N) is 1. The van der Waals surface area contributed by atoms with Crippen LogP contribution in [0.4, 0.5) is 0 Å². The number of nitrogens with zero attached hydrogens (tertiary/aromatic N) is 2. The summed E-state index contributed by atoms with van der Waals surface area (Å²) in [5.74, 6) is 0.0601. The Morgan fingerprint density at radius 1 is 1.15 bits per heavy atom. The number of aromatic nitrogens is 1. The molecule has 2 aliphatic heterocycles. The third-order valence-corrected chi connectivity index (χ3v) is 6.18. The molecule has 2 unspecified atom stereocenters. The Morgan fingerprint density at radius 2 is 1.88 bits per heavy atom. The second-order valence-electron chi connectivity index (χ2n) is 6.82. The Morgan fingerprint density at radius 3 is 2.65 bits per heavy atom. The molecule has 0 bridgehead atoms. The van der Waals surface area contributed by atoms with E-state index >= 15 is 0 Å². The Kier molecular flexibility index (Phi) is 3.39. The van der Waals surface area contributed by atoms with E-state index in [1.54, 1.807) is 11.9 Å². The van der Waals surface area contributed by atoms with Gasteiger partial charge in [0.1, 0.15) is 6.04 Å². The van der Waals surface area contributed by atoms with E-state index in [0.717, 1.165) is 16.8 Å². The number of likely N-dealkylation sites (N-methyl/N-ethyl adjacent to an activating group) is 1. The molecular formula is C20H16ClN3OS.